The minimum Gasteiger partial charge on any atom is -0.491 e. The number of azo groups is 2. The van der Waals surface area contributed by atoms with Crippen molar-refractivity contribution in [2.45, 2.75) is 46.5 Å². The highest BCUT2D eigenvalue weighted by molar-refractivity contribution is 14.1. The van der Waals surface area contributed by atoms with E-state index in [9.17, 15) is 29.8 Å². The van der Waals surface area contributed by atoms with Crippen LogP contribution in [0.1, 0.15) is 45.1 Å². The molecule has 1 atom stereocenters. The van der Waals surface area contributed by atoms with Gasteiger partial charge in [0.05, 0.1) is 41.3 Å². The van der Waals surface area contributed by atoms with Crippen molar-refractivity contribution in [1.29, 1.82) is 0 Å². The van der Waals surface area contributed by atoms with Gasteiger partial charge in [0.2, 0.25) is 0 Å². The number of non-ortho nitro benzene ring substituents is 1. The van der Waals surface area contributed by atoms with Gasteiger partial charge in [0.1, 0.15) is 30.3 Å². The minimum atomic E-state index is -0.751. The summed E-state index contributed by atoms with van der Waals surface area (Å²) >= 11 is 2.04. The van der Waals surface area contributed by atoms with Crippen LogP contribution in [0.4, 0.5) is 39.8 Å². The van der Waals surface area contributed by atoms with E-state index in [1.54, 1.807) is 18.2 Å². The maximum atomic E-state index is 11.6. The third-order valence-electron chi connectivity index (χ3n) is 8.03. The first-order valence-corrected chi connectivity index (χ1v) is 18.1. The molecule has 3 rings (SSSR count). The molecule has 0 spiro atoms. The Kier molecular flexibility index (Phi) is 17.3. The maximum Gasteiger partial charge on any atom is 0.330 e. The second-order valence-electron chi connectivity index (χ2n) is 11.8. The lowest BCUT2D eigenvalue weighted by atomic mass is 10.0. The summed E-state index contributed by atoms with van der Waals surface area (Å²) in [5, 5.41) is 40.2. The second kappa shape index (κ2) is 21.8. The van der Waals surface area contributed by atoms with Gasteiger partial charge in [-0.2, -0.15) is 5.11 Å². The Morgan fingerprint density at radius 3 is 2.04 bits per heavy atom. The van der Waals surface area contributed by atoms with Gasteiger partial charge in [-0.3, -0.25) is 20.2 Å². The van der Waals surface area contributed by atoms with E-state index in [-0.39, 0.29) is 18.9 Å². The van der Waals surface area contributed by atoms with Gasteiger partial charge in [-0.25, -0.2) is 9.59 Å². The Hall–Kier alpha value is -5.59. The van der Waals surface area contributed by atoms with Crippen LogP contribution in [0.2, 0.25) is 0 Å². The van der Waals surface area contributed by atoms with Crippen molar-refractivity contribution >= 4 is 74.3 Å². The SMILES string of the molecule is C=CC(=O)OCCN(CCOC(=O)C=C)c1ccc(N=Nc2cc(I)c(N=Nc3ccc([N+](=O)[O-])cc3[N+](=O)[O-])cc2OCC(CC)CCCC)c(C)c1. The van der Waals surface area contributed by atoms with Crippen molar-refractivity contribution in [3.63, 3.8) is 0 Å². The first-order chi connectivity index (χ1) is 25.9. The van der Waals surface area contributed by atoms with Crippen molar-refractivity contribution in [3.8, 4) is 5.75 Å². The molecule has 0 N–H and O–H groups in total. The fraction of sp³-hybridized carbons (Fsp3) is 0.351. The molecular formula is C37H42IN7O9. The second-order valence-corrected chi connectivity index (χ2v) is 12.9. The molecule has 0 aliphatic carbocycles. The lowest BCUT2D eigenvalue weighted by molar-refractivity contribution is -0.393. The number of ether oxygens (including phenoxy) is 3. The molecule has 0 saturated heterocycles. The summed E-state index contributed by atoms with van der Waals surface area (Å²) in [6.07, 6.45) is 6.18. The van der Waals surface area contributed by atoms with Gasteiger partial charge >= 0.3 is 17.6 Å². The molecule has 0 aliphatic heterocycles. The molecule has 3 aromatic carbocycles. The van der Waals surface area contributed by atoms with Crippen LogP contribution in [0.3, 0.4) is 0 Å². The Labute approximate surface area is 326 Å². The molecule has 0 fully saturated rings. The number of aryl methyl sites for hydroxylation is 1. The highest BCUT2D eigenvalue weighted by atomic mass is 127. The Bertz CT molecular complexity index is 1880. The van der Waals surface area contributed by atoms with Crippen LogP contribution in [0.15, 0.2) is 94.3 Å². The molecule has 0 amide bonds. The van der Waals surface area contributed by atoms with Gasteiger partial charge in [0.25, 0.3) is 5.69 Å². The number of rotatable bonds is 22. The number of hydrogen-bond acceptors (Lipinski definition) is 14. The minimum absolute atomic E-state index is 0.0832. The number of unbranched alkanes of at least 4 members (excludes halogenated alkanes) is 1. The van der Waals surface area contributed by atoms with E-state index in [0.717, 1.165) is 61.2 Å². The van der Waals surface area contributed by atoms with E-state index in [0.29, 0.717) is 52.0 Å². The molecule has 54 heavy (non-hydrogen) atoms. The highest BCUT2D eigenvalue weighted by Crippen LogP contribution is 2.40. The Morgan fingerprint density at radius 2 is 1.46 bits per heavy atom. The maximum absolute atomic E-state index is 11.6. The molecule has 17 heteroatoms. The molecule has 0 heterocycles. The molecular weight excluding hydrogens is 813 g/mol. The summed E-state index contributed by atoms with van der Waals surface area (Å²) in [6.45, 7) is 14.1. The lowest BCUT2D eigenvalue weighted by Gasteiger charge is -2.25. The monoisotopic (exact) mass is 855 g/mol. The van der Waals surface area contributed by atoms with Crippen LogP contribution in [0, 0.1) is 36.6 Å². The predicted octanol–water partition coefficient (Wildman–Crippen LogP) is 10.1. The first-order valence-electron chi connectivity index (χ1n) is 17.1. The first kappa shape index (κ1) is 42.8. The number of carbonyl (C=O) groups is 2. The van der Waals surface area contributed by atoms with E-state index in [4.69, 9.17) is 14.2 Å². The fourth-order valence-electron chi connectivity index (χ4n) is 4.93. The zero-order chi connectivity index (χ0) is 39.6. The summed E-state index contributed by atoms with van der Waals surface area (Å²) in [7, 11) is 0. The summed E-state index contributed by atoms with van der Waals surface area (Å²) in [6, 6.07) is 12.0. The van der Waals surface area contributed by atoms with Gasteiger partial charge in [-0.05, 0) is 77.7 Å². The van der Waals surface area contributed by atoms with Gasteiger partial charge in [0, 0.05) is 33.5 Å². The number of nitro groups is 2. The number of halogens is 1. The topological polar surface area (TPSA) is 201 Å². The summed E-state index contributed by atoms with van der Waals surface area (Å²) in [5.41, 5.74) is 1.75. The quantitative estimate of drug-likeness (QED) is 0.0234. The molecule has 1 unspecified atom stereocenters. The number of nitro benzene ring substituents is 2. The number of anilines is 1. The van der Waals surface area contributed by atoms with E-state index in [2.05, 4.69) is 47.5 Å². The number of hydrogen-bond donors (Lipinski definition) is 0. The predicted molar refractivity (Wildman–Crippen MR) is 212 cm³/mol. The van der Waals surface area contributed by atoms with Crippen LogP contribution in [-0.4, -0.2) is 54.7 Å². The fourth-order valence-corrected chi connectivity index (χ4v) is 5.49. The van der Waals surface area contributed by atoms with Gasteiger partial charge in [-0.1, -0.05) is 46.3 Å². The zero-order valence-corrected chi connectivity index (χ0v) is 32.5. The smallest absolute Gasteiger partial charge is 0.330 e. The lowest BCUT2D eigenvalue weighted by Crippen LogP contribution is -2.32. The van der Waals surface area contributed by atoms with Crippen molar-refractivity contribution in [2.24, 2.45) is 26.4 Å². The Morgan fingerprint density at radius 1 is 0.852 bits per heavy atom. The number of benzene rings is 3. The Balaban J connectivity index is 1.96. The van der Waals surface area contributed by atoms with E-state index < -0.39 is 33.2 Å². The van der Waals surface area contributed by atoms with E-state index in [1.807, 2.05) is 46.5 Å². The molecule has 3 aromatic rings. The van der Waals surface area contributed by atoms with Gasteiger partial charge in [-0.15, -0.1) is 15.3 Å². The van der Waals surface area contributed by atoms with Gasteiger partial charge in [0.15, 0.2) is 5.69 Å². The van der Waals surface area contributed by atoms with Crippen LogP contribution in [0.25, 0.3) is 0 Å². The van der Waals surface area contributed by atoms with Crippen LogP contribution in [0.5, 0.6) is 5.75 Å². The average molecular weight is 856 g/mol. The highest BCUT2D eigenvalue weighted by Gasteiger charge is 2.20. The van der Waals surface area contributed by atoms with Crippen molar-refractivity contribution in [1.82, 2.24) is 0 Å². The average Bonchev–Trinajstić information content (AvgIpc) is 3.16. The zero-order valence-electron chi connectivity index (χ0n) is 30.3. The standard InChI is InChI=1S/C37H42IN7O9/c1-6-10-11-26(7-2)24-54-35-23-32(41-40-31-15-13-28(44(48)49)21-34(31)45(50)51)29(38)22-33(35)42-39-30-14-12-27(20-25(30)5)43(16-18-52-36(46)8-3)17-19-53-37(47)9-4/h8-9,12-15,20-23,26H,3-4,6-7,10-11,16-19,24H2,1-2,5H3. The number of esters is 2. The summed E-state index contributed by atoms with van der Waals surface area (Å²) in [5.74, 6) is -0.424. The number of nitrogens with zero attached hydrogens (tertiary/aromatic N) is 7. The van der Waals surface area contributed by atoms with Crippen LogP contribution in [-0.2, 0) is 19.1 Å². The summed E-state index contributed by atoms with van der Waals surface area (Å²) in [4.78, 5) is 46.4. The van der Waals surface area contributed by atoms with E-state index in [1.165, 1.54) is 6.07 Å². The normalized spacial score (nSPS) is 11.6. The molecule has 0 radical (unpaired) electrons. The molecule has 0 aliphatic rings. The van der Waals surface area contributed by atoms with Crippen LogP contribution >= 0.6 is 22.6 Å². The van der Waals surface area contributed by atoms with Crippen LogP contribution < -0.4 is 9.64 Å². The number of carbonyl (C=O) groups excluding carboxylic acids is 2. The van der Waals surface area contributed by atoms with Gasteiger partial charge < -0.3 is 19.1 Å². The third-order valence-corrected chi connectivity index (χ3v) is 8.90. The molecule has 0 aromatic heterocycles. The van der Waals surface area contributed by atoms with Crippen molar-refractivity contribution < 1.29 is 33.6 Å². The third kappa shape index (κ3) is 13.1. The molecule has 0 bridgehead atoms. The molecule has 0 saturated carbocycles. The van der Waals surface area contributed by atoms with Crippen molar-refractivity contribution in [3.05, 3.63) is 103 Å². The molecule has 286 valence electrons. The molecule has 16 nitrogen and oxygen atoms in total. The van der Waals surface area contributed by atoms with E-state index >= 15 is 0 Å². The van der Waals surface area contributed by atoms with Crippen molar-refractivity contribution in [2.75, 3.05) is 37.8 Å². The summed E-state index contributed by atoms with van der Waals surface area (Å²) < 4.78 is 17.2. The largest absolute Gasteiger partial charge is 0.491 e.